The van der Waals surface area contributed by atoms with E-state index in [1.807, 2.05) is 30.5 Å². The molecule has 2 rings (SSSR count). The lowest BCUT2D eigenvalue weighted by atomic mass is 10.2. The minimum atomic E-state index is -0.0310. The summed E-state index contributed by atoms with van der Waals surface area (Å²) in [6.07, 6.45) is 6.34. The highest BCUT2D eigenvalue weighted by molar-refractivity contribution is 5.94. The third-order valence-electron chi connectivity index (χ3n) is 3.16. The Morgan fingerprint density at radius 2 is 2.05 bits per heavy atom. The molecule has 2 aromatic rings. The van der Waals surface area contributed by atoms with Gasteiger partial charge in [0.2, 0.25) is 0 Å². The van der Waals surface area contributed by atoms with Crippen LogP contribution in [-0.2, 0) is 6.42 Å². The van der Waals surface area contributed by atoms with Gasteiger partial charge in [-0.15, -0.1) is 0 Å². The van der Waals surface area contributed by atoms with Gasteiger partial charge in [-0.25, -0.2) is 4.98 Å². The van der Waals surface area contributed by atoms with Crippen molar-refractivity contribution in [2.45, 2.75) is 26.2 Å². The van der Waals surface area contributed by atoms with Gasteiger partial charge in [0.1, 0.15) is 5.82 Å². The molecule has 0 bridgehead atoms. The molecule has 1 amide bonds. The molecule has 0 spiro atoms. The number of anilines is 1. The molecule has 0 radical (unpaired) electrons. The molecule has 0 unspecified atom stereocenters. The number of H-pyrrole nitrogens is 1. The predicted molar refractivity (Wildman–Crippen MR) is 84.5 cm³/mol. The average Bonchev–Trinajstić information content (AvgIpc) is 3.03. The maximum Gasteiger partial charge on any atom is 0.251 e. The standard InChI is InChI=1S/C16H22N4O/c1-2-9-17-14-7-5-13(6-8-14)16(21)20-10-3-4-15-18-11-12-19-15/h5-8,11-12,17H,2-4,9-10H2,1H3,(H,18,19)(H,20,21). The number of hydrogen-bond donors (Lipinski definition) is 3. The van der Waals surface area contributed by atoms with Crippen LogP contribution in [0.2, 0.25) is 0 Å². The van der Waals surface area contributed by atoms with Crippen molar-refractivity contribution in [2.24, 2.45) is 0 Å². The van der Waals surface area contributed by atoms with E-state index in [0.717, 1.165) is 37.3 Å². The van der Waals surface area contributed by atoms with Crippen LogP contribution in [0.3, 0.4) is 0 Å². The van der Waals surface area contributed by atoms with E-state index in [1.54, 1.807) is 6.20 Å². The number of rotatable bonds is 8. The molecular weight excluding hydrogens is 264 g/mol. The van der Waals surface area contributed by atoms with E-state index < -0.39 is 0 Å². The second kappa shape index (κ2) is 8.09. The smallest absolute Gasteiger partial charge is 0.251 e. The van der Waals surface area contributed by atoms with Gasteiger partial charge in [-0.2, -0.15) is 0 Å². The van der Waals surface area contributed by atoms with E-state index >= 15 is 0 Å². The Labute approximate surface area is 125 Å². The summed E-state index contributed by atoms with van der Waals surface area (Å²) in [4.78, 5) is 19.2. The fraction of sp³-hybridized carbons (Fsp3) is 0.375. The zero-order valence-electron chi connectivity index (χ0n) is 12.4. The summed E-state index contributed by atoms with van der Waals surface area (Å²) in [5.74, 6) is 0.923. The lowest BCUT2D eigenvalue weighted by molar-refractivity contribution is 0.0953. The second-order valence-corrected chi connectivity index (χ2v) is 4.90. The van der Waals surface area contributed by atoms with Crippen LogP contribution >= 0.6 is 0 Å². The van der Waals surface area contributed by atoms with Crippen LogP contribution in [0.25, 0.3) is 0 Å². The van der Waals surface area contributed by atoms with Crippen molar-refractivity contribution < 1.29 is 4.79 Å². The highest BCUT2D eigenvalue weighted by atomic mass is 16.1. The van der Waals surface area contributed by atoms with Crippen molar-refractivity contribution in [1.82, 2.24) is 15.3 Å². The maximum absolute atomic E-state index is 12.0. The fourth-order valence-electron chi connectivity index (χ4n) is 2.00. The number of benzene rings is 1. The van der Waals surface area contributed by atoms with Crippen molar-refractivity contribution in [3.05, 3.63) is 48.0 Å². The first-order chi connectivity index (χ1) is 10.3. The quantitative estimate of drug-likeness (QED) is 0.653. The third kappa shape index (κ3) is 4.95. The van der Waals surface area contributed by atoms with Crippen LogP contribution < -0.4 is 10.6 Å². The van der Waals surface area contributed by atoms with Gasteiger partial charge < -0.3 is 15.6 Å². The van der Waals surface area contributed by atoms with Gasteiger partial charge >= 0.3 is 0 Å². The average molecular weight is 286 g/mol. The van der Waals surface area contributed by atoms with E-state index in [0.29, 0.717) is 12.1 Å². The highest BCUT2D eigenvalue weighted by Gasteiger charge is 2.04. The van der Waals surface area contributed by atoms with Crippen molar-refractivity contribution >= 4 is 11.6 Å². The molecule has 1 aromatic carbocycles. The van der Waals surface area contributed by atoms with Crippen LogP contribution in [0.1, 0.15) is 35.9 Å². The monoisotopic (exact) mass is 286 g/mol. The van der Waals surface area contributed by atoms with Gasteiger partial charge in [-0.1, -0.05) is 6.92 Å². The van der Waals surface area contributed by atoms with Crippen LogP contribution in [-0.4, -0.2) is 29.0 Å². The van der Waals surface area contributed by atoms with Crippen LogP contribution in [0.5, 0.6) is 0 Å². The van der Waals surface area contributed by atoms with Crippen molar-refractivity contribution in [2.75, 3.05) is 18.4 Å². The Kier molecular flexibility index (Phi) is 5.82. The zero-order chi connectivity index (χ0) is 14.9. The topological polar surface area (TPSA) is 69.8 Å². The summed E-state index contributed by atoms with van der Waals surface area (Å²) in [7, 11) is 0. The molecule has 1 aromatic heterocycles. The summed E-state index contributed by atoms with van der Waals surface area (Å²) in [5, 5.41) is 6.21. The number of aromatic amines is 1. The van der Waals surface area contributed by atoms with Gasteiger partial charge in [0.25, 0.3) is 5.91 Å². The van der Waals surface area contributed by atoms with Gasteiger partial charge in [0.15, 0.2) is 0 Å². The SMILES string of the molecule is CCCNc1ccc(C(=O)NCCCc2ncc[nH]2)cc1. The Morgan fingerprint density at radius 3 is 2.71 bits per heavy atom. The Morgan fingerprint density at radius 1 is 1.24 bits per heavy atom. The molecule has 112 valence electrons. The molecule has 0 fully saturated rings. The lowest BCUT2D eigenvalue weighted by Gasteiger charge is -2.07. The Balaban J connectivity index is 1.72. The molecule has 0 saturated heterocycles. The summed E-state index contributed by atoms with van der Waals surface area (Å²) >= 11 is 0. The van der Waals surface area contributed by atoms with Crippen LogP contribution in [0, 0.1) is 0 Å². The van der Waals surface area contributed by atoms with Crippen LogP contribution in [0.4, 0.5) is 5.69 Å². The van der Waals surface area contributed by atoms with Crippen molar-refractivity contribution in [1.29, 1.82) is 0 Å². The number of carbonyl (C=O) groups excluding carboxylic acids is 1. The fourth-order valence-corrected chi connectivity index (χ4v) is 2.00. The third-order valence-corrected chi connectivity index (χ3v) is 3.16. The molecule has 0 aliphatic carbocycles. The second-order valence-electron chi connectivity index (χ2n) is 4.90. The molecule has 5 heteroatoms. The maximum atomic E-state index is 12.0. The van der Waals surface area contributed by atoms with Crippen molar-refractivity contribution in [3.63, 3.8) is 0 Å². The molecule has 3 N–H and O–H groups in total. The van der Waals surface area contributed by atoms with Gasteiger partial charge in [-0.3, -0.25) is 4.79 Å². The number of hydrogen-bond acceptors (Lipinski definition) is 3. The van der Waals surface area contributed by atoms with E-state index in [9.17, 15) is 4.79 Å². The van der Waals surface area contributed by atoms with E-state index in [2.05, 4.69) is 27.5 Å². The summed E-state index contributed by atoms with van der Waals surface area (Å²) < 4.78 is 0. The number of carbonyl (C=O) groups is 1. The number of aryl methyl sites for hydroxylation is 1. The molecule has 0 saturated carbocycles. The number of aromatic nitrogens is 2. The Bertz CT molecular complexity index is 534. The number of amides is 1. The predicted octanol–water partition coefficient (Wildman–Crippen LogP) is 2.59. The molecule has 1 heterocycles. The molecule has 21 heavy (non-hydrogen) atoms. The number of nitrogens with one attached hydrogen (secondary N) is 3. The minimum absolute atomic E-state index is 0.0310. The largest absolute Gasteiger partial charge is 0.385 e. The first kappa shape index (κ1) is 15.1. The molecule has 0 aliphatic heterocycles. The molecule has 0 atom stereocenters. The Hall–Kier alpha value is -2.30. The van der Waals surface area contributed by atoms with E-state index in [-0.39, 0.29) is 5.91 Å². The van der Waals surface area contributed by atoms with E-state index in [1.165, 1.54) is 0 Å². The molecular formula is C16H22N4O. The van der Waals surface area contributed by atoms with Gasteiger partial charge in [-0.05, 0) is 37.1 Å². The first-order valence-corrected chi connectivity index (χ1v) is 7.40. The lowest BCUT2D eigenvalue weighted by Crippen LogP contribution is -2.24. The normalized spacial score (nSPS) is 10.3. The van der Waals surface area contributed by atoms with E-state index in [4.69, 9.17) is 0 Å². The number of nitrogens with zero attached hydrogens (tertiary/aromatic N) is 1. The first-order valence-electron chi connectivity index (χ1n) is 7.40. The van der Waals surface area contributed by atoms with Crippen LogP contribution in [0.15, 0.2) is 36.7 Å². The van der Waals surface area contributed by atoms with Crippen molar-refractivity contribution in [3.8, 4) is 0 Å². The van der Waals surface area contributed by atoms with Gasteiger partial charge in [0.05, 0.1) is 0 Å². The summed E-state index contributed by atoms with van der Waals surface area (Å²) in [6.45, 7) is 3.71. The summed E-state index contributed by atoms with van der Waals surface area (Å²) in [5.41, 5.74) is 1.74. The minimum Gasteiger partial charge on any atom is -0.385 e. The zero-order valence-corrected chi connectivity index (χ0v) is 12.4. The molecule has 5 nitrogen and oxygen atoms in total. The van der Waals surface area contributed by atoms with Gasteiger partial charge in [0, 0.05) is 43.2 Å². The number of imidazole rings is 1. The molecule has 0 aliphatic rings. The highest BCUT2D eigenvalue weighted by Crippen LogP contribution is 2.09. The summed E-state index contributed by atoms with van der Waals surface area (Å²) in [6, 6.07) is 7.57.